The monoisotopic (exact) mass is 241 g/mol. The molecule has 0 N–H and O–H groups in total. The number of fused-ring (bicyclic) bond motifs is 1. The summed E-state index contributed by atoms with van der Waals surface area (Å²) in [6, 6.07) is 6.77. The Hall–Kier alpha value is -1.77. The molecule has 1 aliphatic rings. The first-order valence-corrected chi connectivity index (χ1v) is 6.49. The molecule has 1 atom stereocenters. The standard InChI is InChI=1S/C15H19N3/c1-11-6-7-17(2)15-5-4-12(8-14(11)15)13-9-16-18(3)10-13/h4-5,8-11H,6-7H2,1-3H3. The average molecular weight is 241 g/mol. The van der Waals surface area contributed by atoms with Gasteiger partial charge in [-0.25, -0.2) is 0 Å². The first-order chi connectivity index (χ1) is 8.65. The van der Waals surface area contributed by atoms with Gasteiger partial charge in [0.15, 0.2) is 0 Å². The normalized spacial score (nSPS) is 18.8. The zero-order valence-electron chi connectivity index (χ0n) is 11.2. The molecule has 0 amide bonds. The van der Waals surface area contributed by atoms with Crippen LogP contribution in [0.1, 0.15) is 24.8 Å². The van der Waals surface area contributed by atoms with Gasteiger partial charge in [-0.2, -0.15) is 5.10 Å². The van der Waals surface area contributed by atoms with Gasteiger partial charge in [0.05, 0.1) is 6.20 Å². The van der Waals surface area contributed by atoms with E-state index < -0.39 is 0 Å². The van der Waals surface area contributed by atoms with Crippen LogP contribution in [0.2, 0.25) is 0 Å². The minimum absolute atomic E-state index is 0.646. The van der Waals surface area contributed by atoms with E-state index in [1.807, 2.05) is 17.9 Å². The summed E-state index contributed by atoms with van der Waals surface area (Å²) in [5.41, 5.74) is 5.30. The van der Waals surface area contributed by atoms with Gasteiger partial charge in [0, 0.05) is 38.1 Å². The number of aryl methyl sites for hydroxylation is 1. The van der Waals surface area contributed by atoms with Crippen molar-refractivity contribution in [2.24, 2.45) is 7.05 Å². The van der Waals surface area contributed by atoms with Crippen LogP contribution in [-0.2, 0) is 7.05 Å². The molecule has 1 aromatic carbocycles. The maximum atomic E-state index is 4.25. The number of benzene rings is 1. The lowest BCUT2D eigenvalue weighted by Gasteiger charge is -2.31. The zero-order chi connectivity index (χ0) is 12.7. The minimum atomic E-state index is 0.646. The number of anilines is 1. The molecule has 3 rings (SSSR count). The van der Waals surface area contributed by atoms with Crippen LogP contribution in [0.15, 0.2) is 30.6 Å². The van der Waals surface area contributed by atoms with Crippen LogP contribution in [0, 0.1) is 0 Å². The summed E-state index contributed by atoms with van der Waals surface area (Å²) in [7, 11) is 4.13. The van der Waals surface area contributed by atoms with E-state index >= 15 is 0 Å². The molecule has 1 aromatic heterocycles. The number of aromatic nitrogens is 2. The van der Waals surface area contributed by atoms with Crippen molar-refractivity contribution in [3.8, 4) is 11.1 Å². The van der Waals surface area contributed by atoms with Crippen LogP contribution in [0.5, 0.6) is 0 Å². The summed E-state index contributed by atoms with van der Waals surface area (Å²) < 4.78 is 1.85. The number of hydrogen-bond acceptors (Lipinski definition) is 2. The largest absolute Gasteiger partial charge is 0.374 e. The molecular formula is C15H19N3. The number of hydrogen-bond donors (Lipinski definition) is 0. The molecule has 3 heteroatoms. The van der Waals surface area contributed by atoms with E-state index in [-0.39, 0.29) is 0 Å². The van der Waals surface area contributed by atoms with E-state index in [1.54, 1.807) is 0 Å². The van der Waals surface area contributed by atoms with Gasteiger partial charge in [-0.15, -0.1) is 0 Å². The second-order valence-corrected chi connectivity index (χ2v) is 5.29. The maximum absolute atomic E-state index is 4.25. The van der Waals surface area contributed by atoms with Crippen LogP contribution in [-0.4, -0.2) is 23.4 Å². The highest BCUT2D eigenvalue weighted by Gasteiger charge is 2.20. The highest BCUT2D eigenvalue weighted by Crippen LogP contribution is 2.36. The average Bonchev–Trinajstić information content (AvgIpc) is 2.80. The molecule has 0 aliphatic carbocycles. The minimum Gasteiger partial charge on any atom is -0.374 e. The summed E-state index contributed by atoms with van der Waals surface area (Å²) in [6.45, 7) is 3.47. The van der Waals surface area contributed by atoms with Gasteiger partial charge in [0.25, 0.3) is 0 Å². The smallest absolute Gasteiger partial charge is 0.0568 e. The molecule has 2 heterocycles. The lowest BCUT2D eigenvalue weighted by molar-refractivity contribution is 0.637. The van der Waals surface area contributed by atoms with E-state index in [2.05, 4.69) is 48.4 Å². The molecule has 3 nitrogen and oxygen atoms in total. The third-order valence-corrected chi connectivity index (χ3v) is 3.91. The fourth-order valence-electron chi connectivity index (χ4n) is 2.71. The van der Waals surface area contributed by atoms with Crippen LogP contribution in [0.4, 0.5) is 5.69 Å². The predicted octanol–water partition coefficient (Wildman–Crippen LogP) is 3.03. The van der Waals surface area contributed by atoms with Crippen LogP contribution in [0.25, 0.3) is 11.1 Å². The Morgan fingerprint density at radius 1 is 1.22 bits per heavy atom. The lowest BCUT2D eigenvalue weighted by Crippen LogP contribution is -2.26. The molecule has 0 saturated carbocycles. The first-order valence-electron chi connectivity index (χ1n) is 6.49. The Kier molecular flexibility index (Phi) is 2.62. The molecule has 18 heavy (non-hydrogen) atoms. The van der Waals surface area contributed by atoms with Gasteiger partial charge in [-0.1, -0.05) is 13.0 Å². The van der Waals surface area contributed by atoms with E-state index in [1.165, 1.54) is 28.8 Å². The molecule has 0 fully saturated rings. The van der Waals surface area contributed by atoms with Crippen molar-refractivity contribution in [1.82, 2.24) is 9.78 Å². The Morgan fingerprint density at radius 2 is 2.06 bits per heavy atom. The van der Waals surface area contributed by atoms with E-state index in [0.29, 0.717) is 5.92 Å². The molecule has 0 bridgehead atoms. The topological polar surface area (TPSA) is 21.1 Å². The van der Waals surface area contributed by atoms with Gasteiger partial charge in [-0.05, 0) is 35.6 Å². The number of rotatable bonds is 1. The van der Waals surface area contributed by atoms with Crippen LogP contribution >= 0.6 is 0 Å². The second kappa shape index (κ2) is 4.16. The van der Waals surface area contributed by atoms with Crippen molar-refractivity contribution in [3.05, 3.63) is 36.2 Å². The lowest BCUT2D eigenvalue weighted by atomic mass is 9.89. The van der Waals surface area contributed by atoms with Crippen molar-refractivity contribution in [2.45, 2.75) is 19.3 Å². The summed E-state index contributed by atoms with van der Waals surface area (Å²) >= 11 is 0. The quantitative estimate of drug-likeness (QED) is 0.765. The fourth-order valence-corrected chi connectivity index (χ4v) is 2.71. The van der Waals surface area contributed by atoms with Gasteiger partial charge in [0.1, 0.15) is 0 Å². The highest BCUT2D eigenvalue weighted by atomic mass is 15.2. The SMILES string of the molecule is CC1CCN(C)c2ccc(-c3cnn(C)c3)cc21. The Labute approximate surface area is 108 Å². The maximum Gasteiger partial charge on any atom is 0.0568 e. The van der Waals surface area contributed by atoms with Crippen molar-refractivity contribution in [2.75, 3.05) is 18.5 Å². The highest BCUT2D eigenvalue weighted by molar-refractivity contribution is 5.69. The Bertz CT molecular complexity index is 571. The molecule has 2 aromatic rings. The zero-order valence-corrected chi connectivity index (χ0v) is 11.2. The van der Waals surface area contributed by atoms with Crippen molar-refractivity contribution < 1.29 is 0 Å². The second-order valence-electron chi connectivity index (χ2n) is 5.29. The van der Waals surface area contributed by atoms with Gasteiger partial charge < -0.3 is 4.90 Å². The molecule has 0 spiro atoms. The van der Waals surface area contributed by atoms with Gasteiger partial charge in [0.2, 0.25) is 0 Å². The van der Waals surface area contributed by atoms with Crippen LogP contribution < -0.4 is 4.90 Å². The molecule has 0 saturated heterocycles. The van der Waals surface area contributed by atoms with Gasteiger partial charge in [-0.3, -0.25) is 4.68 Å². The van der Waals surface area contributed by atoms with Crippen molar-refractivity contribution in [3.63, 3.8) is 0 Å². The Balaban J connectivity index is 2.07. The fraction of sp³-hybridized carbons (Fsp3) is 0.400. The summed E-state index contributed by atoms with van der Waals surface area (Å²) in [5.74, 6) is 0.646. The number of nitrogens with zero attached hydrogens (tertiary/aromatic N) is 3. The van der Waals surface area contributed by atoms with Crippen molar-refractivity contribution in [1.29, 1.82) is 0 Å². The van der Waals surface area contributed by atoms with E-state index in [4.69, 9.17) is 0 Å². The summed E-state index contributed by atoms with van der Waals surface area (Å²) in [5, 5.41) is 4.25. The Morgan fingerprint density at radius 3 is 2.78 bits per heavy atom. The predicted molar refractivity (Wildman–Crippen MR) is 74.9 cm³/mol. The third kappa shape index (κ3) is 1.80. The van der Waals surface area contributed by atoms with Crippen LogP contribution in [0.3, 0.4) is 0 Å². The first kappa shape index (κ1) is 11.3. The molecule has 0 radical (unpaired) electrons. The third-order valence-electron chi connectivity index (χ3n) is 3.91. The molecule has 94 valence electrons. The van der Waals surface area contributed by atoms with E-state index in [9.17, 15) is 0 Å². The van der Waals surface area contributed by atoms with Gasteiger partial charge >= 0.3 is 0 Å². The molecule has 1 aliphatic heterocycles. The molecule has 1 unspecified atom stereocenters. The summed E-state index contributed by atoms with van der Waals surface area (Å²) in [4.78, 5) is 2.35. The molecular weight excluding hydrogens is 222 g/mol. The van der Waals surface area contributed by atoms with E-state index in [0.717, 1.165) is 6.54 Å². The van der Waals surface area contributed by atoms with Crippen molar-refractivity contribution >= 4 is 5.69 Å². The summed E-state index contributed by atoms with van der Waals surface area (Å²) in [6.07, 6.45) is 5.23.